The lowest BCUT2D eigenvalue weighted by Crippen LogP contribution is -2.67. The van der Waals surface area contributed by atoms with Gasteiger partial charge in [-0.05, 0) is 82.2 Å². The van der Waals surface area contributed by atoms with Crippen LogP contribution in [-0.2, 0) is 82.3 Å². The van der Waals surface area contributed by atoms with Gasteiger partial charge in [-0.15, -0.1) is 0 Å². The number of nitrogens with one attached hydrogen (secondary N) is 2. The van der Waals surface area contributed by atoms with Crippen LogP contribution in [0.5, 0.6) is 11.5 Å². The summed E-state index contributed by atoms with van der Waals surface area (Å²) in [6, 6.07) is 20.4. The van der Waals surface area contributed by atoms with Gasteiger partial charge in [0.1, 0.15) is 61.8 Å². The molecule has 1 aliphatic heterocycles. The molecule has 1 fully saturated rings. The van der Waals surface area contributed by atoms with Crippen molar-refractivity contribution in [3.8, 4) is 11.5 Å². The molecule has 1 heterocycles. The number of phosphoric ester groups is 1. The van der Waals surface area contributed by atoms with E-state index in [9.17, 15) is 28.8 Å². The molecule has 0 spiro atoms. The van der Waals surface area contributed by atoms with Crippen molar-refractivity contribution in [1.82, 2.24) is 10.6 Å². The van der Waals surface area contributed by atoms with Crippen molar-refractivity contribution >= 4 is 119 Å². The summed E-state index contributed by atoms with van der Waals surface area (Å²) in [5.74, 6) is -3.98. The molecule has 29 heteroatoms. The number of benzene rings is 3. The lowest BCUT2D eigenvalue weighted by molar-refractivity contribution is -0.272. The van der Waals surface area contributed by atoms with Crippen molar-refractivity contribution in [2.24, 2.45) is 0 Å². The second-order valence-corrected chi connectivity index (χ2v) is 36.5. The first-order valence-electron chi connectivity index (χ1n) is 42.2. The third kappa shape index (κ3) is 47.0. The Morgan fingerprint density at radius 2 is 0.913 bits per heavy atom. The quantitative estimate of drug-likeness (QED) is 0.0175. The predicted molar refractivity (Wildman–Crippen MR) is 452 cm³/mol. The van der Waals surface area contributed by atoms with Crippen molar-refractivity contribution in [3.63, 3.8) is 0 Å². The molecule has 2 amide bonds. The van der Waals surface area contributed by atoms with Crippen LogP contribution in [0.1, 0.15) is 304 Å². The zero-order chi connectivity index (χ0) is 84.0. The number of amides is 2. The number of hydrogen-bond acceptors (Lipinski definition) is 20. The second-order valence-electron chi connectivity index (χ2n) is 30.2. The van der Waals surface area contributed by atoms with Crippen molar-refractivity contribution in [2.45, 2.75) is 367 Å². The lowest BCUT2D eigenvalue weighted by Gasteiger charge is -2.45. The summed E-state index contributed by atoms with van der Waals surface area (Å²) < 4.78 is 85.1. The number of alkyl carbamates (subject to hydrolysis) is 1. The van der Waals surface area contributed by atoms with E-state index in [2.05, 4.69) is 38.3 Å². The molecule has 3 aromatic carbocycles. The Morgan fingerprint density at radius 1 is 0.496 bits per heavy atom. The van der Waals surface area contributed by atoms with Gasteiger partial charge in [0, 0.05) is 12.8 Å². The molecular weight excluding hydrogens is 1620 g/mol. The van der Waals surface area contributed by atoms with Gasteiger partial charge in [0.05, 0.1) is 19.4 Å². The topological polar surface area (TPSA) is 271 Å². The third-order valence-electron chi connectivity index (χ3n) is 19.5. The van der Waals surface area contributed by atoms with Crippen LogP contribution in [0.3, 0.4) is 0 Å². The molecule has 0 radical (unpaired) electrons. The first-order valence-corrected chi connectivity index (χ1v) is 45.9. The number of para-hydroxylation sites is 2. The summed E-state index contributed by atoms with van der Waals surface area (Å²) in [4.78, 5) is 101. The van der Waals surface area contributed by atoms with E-state index >= 15 is 9.36 Å². The van der Waals surface area contributed by atoms with Crippen LogP contribution >= 0.6 is 77.4 Å². The van der Waals surface area contributed by atoms with Crippen LogP contribution in [0.15, 0.2) is 91.0 Å². The molecule has 652 valence electrons. The van der Waals surface area contributed by atoms with E-state index in [-0.39, 0.29) is 43.8 Å². The average Bonchev–Trinajstić information content (AvgIpc) is 0.768. The number of carbonyl (C=O) groups excluding carboxylic acids is 7. The highest BCUT2D eigenvalue weighted by atomic mass is 35.6. The van der Waals surface area contributed by atoms with Crippen LogP contribution in [0.25, 0.3) is 0 Å². The van der Waals surface area contributed by atoms with E-state index in [1.54, 1.807) is 66.7 Å². The molecule has 2 N–H and O–H groups in total. The molecule has 0 aliphatic carbocycles. The van der Waals surface area contributed by atoms with E-state index in [0.717, 1.165) is 173 Å². The smallest absolute Gasteiger partial charge is 0.462 e. The molecule has 1 saturated heterocycles. The van der Waals surface area contributed by atoms with Gasteiger partial charge in [0.2, 0.25) is 13.5 Å². The monoisotopic (exact) mass is 1750 g/mol. The minimum absolute atomic E-state index is 0.0596. The highest BCUT2D eigenvalue weighted by molar-refractivity contribution is 7.49. The number of rotatable bonds is 63. The van der Waals surface area contributed by atoms with Gasteiger partial charge in [-0.1, -0.05) is 357 Å². The summed E-state index contributed by atoms with van der Waals surface area (Å²) in [5.41, 5.74) is -1.29. The standard InChI is InChI=1S/C86H131Cl6N2O20P/c1-7-11-15-19-23-27-29-33-42-56-69(107-74(96)58-48-35-31-25-21-17-13-9-3)60-73(95)93-71(80(99)103-62-66-50-40-37-41-51-66)63-104-81-77(94-82(100)106-65-85(87,88)89)79(110-76(98)61-70(57-43-34-30-28-24-20-16-12-8-2)108-75(97)59-49-36-32-26-22-18-14-10-4)78(72(109-81)64-105-83(101)111-84(5,6)86(90,91)92)114-115(102,112-67-52-44-38-45-53-67)113-68-54-46-39-47-55-68/h37-41,44-47,50-55,69-72,77-79,81H,7-36,42-43,48-49,56-65H2,1-6H3,(H,93,95)(H,94,100)/t69-,70-,71+,72-,77-,78-,79-,81-/m1/s1. The molecule has 0 saturated carbocycles. The maximum Gasteiger partial charge on any atom is 0.588 e. The van der Waals surface area contributed by atoms with Crippen LogP contribution in [0.4, 0.5) is 9.59 Å². The number of alkyl halides is 6. The van der Waals surface area contributed by atoms with Gasteiger partial charge < -0.3 is 62.3 Å². The summed E-state index contributed by atoms with van der Waals surface area (Å²) in [5, 5.41) is 5.32. The molecular formula is C86H131Cl6N2O20P. The largest absolute Gasteiger partial charge is 0.588 e. The average molecular weight is 1760 g/mol. The maximum absolute atomic E-state index is 15.9. The normalized spacial score (nSPS) is 16.6. The zero-order valence-corrected chi connectivity index (χ0v) is 74.2. The van der Waals surface area contributed by atoms with Crippen molar-refractivity contribution in [2.75, 3.05) is 19.8 Å². The Balaban J connectivity index is 1.93. The minimum Gasteiger partial charge on any atom is -0.462 e. The maximum atomic E-state index is 15.9. The number of hydrogen-bond donors (Lipinski definition) is 2. The summed E-state index contributed by atoms with van der Waals surface area (Å²) in [7, 11) is -5.26. The summed E-state index contributed by atoms with van der Waals surface area (Å²) >= 11 is 37.3. The first kappa shape index (κ1) is 102. The fraction of sp³-hybridized carbons (Fsp3) is 0.709. The molecule has 115 heavy (non-hydrogen) atoms. The number of phosphoric acid groups is 1. The Labute approximate surface area is 714 Å². The molecule has 22 nitrogen and oxygen atoms in total. The number of ether oxygens (including phenoxy) is 9. The molecule has 1 aliphatic rings. The summed E-state index contributed by atoms with van der Waals surface area (Å²) in [6.45, 7) is 8.21. The van der Waals surface area contributed by atoms with E-state index in [4.69, 9.17) is 126 Å². The third-order valence-corrected chi connectivity index (χ3v) is 22.6. The van der Waals surface area contributed by atoms with Gasteiger partial charge in [-0.3, -0.25) is 23.7 Å². The van der Waals surface area contributed by atoms with Crippen LogP contribution in [0, 0.1) is 0 Å². The van der Waals surface area contributed by atoms with E-state index in [1.165, 1.54) is 57.4 Å². The Kier molecular flexibility index (Phi) is 53.1. The van der Waals surface area contributed by atoms with Crippen molar-refractivity contribution < 1.29 is 94.3 Å². The van der Waals surface area contributed by atoms with Crippen LogP contribution in [-0.4, -0.2) is 124 Å². The van der Waals surface area contributed by atoms with E-state index in [1.807, 2.05) is 0 Å². The first-order chi connectivity index (χ1) is 55.2. The molecule has 0 bridgehead atoms. The summed E-state index contributed by atoms with van der Waals surface area (Å²) in [6.07, 6.45) is 20.6. The fourth-order valence-electron chi connectivity index (χ4n) is 12.9. The molecule has 3 aromatic rings. The SMILES string of the molecule is CCCCCCCCCCC[C@H](CC(=O)N[C@@H](CO[C@@H]1O[C@H](COC(=O)OC(C)(C)C(Cl)(Cl)Cl)[C@@H](OP(=O)(Oc2ccccc2)Oc2ccccc2)[C@H](OC(=O)C[C@@H](CCCCCCCCCCC)OC(=O)CCCCCCCCCC)[C@H]1NC(=O)OCC(Cl)(Cl)Cl)C(=O)OCc1ccccc1)OC(=O)CCCCCCCCCC. The van der Waals surface area contributed by atoms with Gasteiger partial charge in [0.25, 0.3) is 0 Å². The molecule has 0 unspecified atom stereocenters. The van der Waals surface area contributed by atoms with Crippen LogP contribution in [0.2, 0.25) is 0 Å². The Hall–Kier alpha value is -5.00. The fourth-order valence-corrected chi connectivity index (χ4v) is 14.6. The van der Waals surface area contributed by atoms with Crippen molar-refractivity contribution in [3.05, 3.63) is 96.6 Å². The number of unbranched alkanes of at least 4 members (excludes halogenated alkanes) is 30. The second kappa shape index (κ2) is 59.6. The highest BCUT2D eigenvalue weighted by Gasteiger charge is 2.55. The highest BCUT2D eigenvalue weighted by Crippen LogP contribution is 2.53. The minimum atomic E-state index is -5.26. The number of carbonyl (C=O) groups is 7. The van der Waals surface area contributed by atoms with E-state index in [0.29, 0.717) is 37.7 Å². The Bertz CT molecular complexity index is 3150. The van der Waals surface area contributed by atoms with Gasteiger partial charge in [-0.25, -0.2) is 18.9 Å². The lowest BCUT2D eigenvalue weighted by atomic mass is 9.96. The number of esters is 4. The molecule has 8 atom stereocenters. The van der Waals surface area contributed by atoms with E-state index < -0.39 is 138 Å². The van der Waals surface area contributed by atoms with Gasteiger partial charge >= 0.3 is 43.9 Å². The zero-order valence-electron chi connectivity index (χ0n) is 68.8. The van der Waals surface area contributed by atoms with Crippen molar-refractivity contribution in [1.29, 1.82) is 0 Å². The van der Waals surface area contributed by atoms with Gasteiger partial charge in [-0.2, -0.15) is 0 Å². The van der Waals surface area contributed by atoms with Crippen LogP contribution < -0.4 is 19.7 Å². The molecule has 4 rings (SSSR count). The molecule has 0 aromatic heterocycles. The number of halogens is 6. The van der Waals surface area contributed by atoms with Gasteiger partial charge in [0.15, 0.2) is 24.0 Å². The predicted octanol–water partition coefficient (Wildman–Crippen LogP) is 23.8. The Morgan fingerprint density at radius 3 is 1.35 bits per heavy atom.